The monoisotopic (exact) mass is 245 g/mol. The van der Waals surface area contributed by atoms with Gasteiger partial charge in [0, 0.05) is 19.6 Å². The SMILES string of the molecule is O=C1NC[C@H](C(=O)N2CCc3ccccc3C2)N1. The zero-order valence-corrected chi connectivity index (χ0v) is 9.98. The molecule has 1 atom stereocenters. The molecule has 5 heteroatoms. The number of nitrogens with one attached hydrogen (secondary N) is 2. The van der Waals surface area contributed by atoms with Crippen LogP contribution in [0.3, 0.4) is 0 Å². The molecule has 1 aromatic rings. The summed E-state index contributed by atoms with van der Waals surface area (Å²) in [6.45, 7) is 1.75. The van der Waals surface area contributed by atoms with Crippen LogP contribution in [0.4, 0.5) is 4.79 Å². The Hall–Kier alpha value is -2.04. The summed E-state index contributed by atoms with van der Waals surface area (Å²) < 4.78 is 0. The lowest BCUT2D eigenvalue weighted by Gasteiger charge is -2.30. The molecule has 1 fully saturated rings. The normalized spacial score (nSPS) is 22.1. The topological polar surface area (TPSA) is 61.4 Å². The number of amides is 3. The van der Waals surface area contributed by atoms with E-state index >= 15 is 0 Å². The molecule has 0 aromatic heterocycles. The van der Waals surface area contributed by atoms with Crippen molar-refractivity contribution >= 4 is 11.9 Å². The summed E-state index contributed by atoms with van der Waals surface area (Å²) >= 11 is 0. The first-order valence-electron chi connectivity index (χ1n) is 6.14. The summed E-state index contributed by atoms with van der Waals surface area (Å²) in [7, 11) is 0. The zero-order chi connectivity index (χ0) is 12.5. The molecule has 0 spiro atoms. The van der Waals surface area contributed by atoms with E-state index in [4.69, 9.17) is 0 Å². The molecular weight excluding hydrogens is 230 g/mol. The molecule has 0 radical (unpaired) electrons. The van der Waals surface area contributed by atoms with Crippen molar-refractivity contribution in [3.05, 3.63) is 35.4 Å². The molecular formula is C13H15N3O2. The number of carbonyl (C=O) groups is 2. The first-order valence-corrected chi connectivity index (χ1v) is 6.14. The van der Waals surface area contributed by atoms with Gasteiger partial charge in [-0.25, -0.2) is 4.79 Å². The van der Waals surface area contributed by atoms with E-state index in [1.807, 2.05) is 17.0 Å². The Kier molecular flexibility index (Phi) is 2.66. The van der Waals surface area contributed by atoms with Crippen LogP contribution in [0.2, 0.25) is 0 Å². The van der Waals surface area contributed by atoms with Gasteiger partial charge in [0.05, 0.1) is 0 Å². The minimum absolute atomic E-state index is 0.00264. The molecule has 0 aliphatic carbocycles. The summed E-state index contributed by atoms with van der Waals surface area (Å²) in [4.78, 5) is 25.1. The van der Waals surface area contributed by atoms with Crippen LogP contribution in [0.15, 0.2) is 24.3 Å². The fourth-order valence-electron chi connectivity index (χ4n) is 2.51. The molecule has 2 aliphatic rings. The lowest BCUT2D eigenvalue weighted by atomic mass is 9.99. The van der Waals surface area contributed by atoms with Crippen molar-refractivity contribution in [1.82, 2.24) is 15.5 Å². The average Bonchev–Trinajstić information content (AvgIpc) is 2.84. The molecule has 5 nitrogen and oxygen atoms in total. The maximum atomic E-state index is 12.2. The highest BCUT2D eigenvalue weighted by molar-refractivity contribution is 5.90. The highest BCUT2D eigenvalue weighted by atomic mass is 16.2. The van der Waals surface area contributed by atoms with Gasteiger partial charge in [-0.1, -0.05) is 24.3 Å². The van der Waals surface area contributed by atoms with Gasteiger partial charge in [-0.3, -0.25) is 4.79 Å². The number of carbonyl (C=O) groups excluding carboxylic acids is 2. The largest absolute Gasteiger partial charge is 0.336 e. The second-order valence-corrected chi connectivity index (χ2v) is 4.69. The molecule has 2 N–H and O–H groups in total. The fraction of sp³-hybridized carbons (Fsp3) is 0.385. The quantitative estimate of drug-likeness (QED) is 0.745. The molecule has 18 heavy (non-hydrogen) atoms. The van der Waals surface area contributed by atoms with Gasteiger partial charge in [0.2, 0.25) is 5.91 Å². The summed E-state index contributed by atoms with van der Waals surface area (Å²) in [6.07, 6.45) is 0.885. The Morgan fingerprint density at radius 3 is 2.78 bits per heavy atom. The highest BCUT2D eigenvalue weighted by Gasteiger charge is 2.31. The van der Waals surface area contributed by atoms with Gasteiger partial charge in [0.15, 0.2) is 0 Å². The van der Waals surface area contributed by atoms with E-state index in [9.17, 15) is 9.59 Å². The van der Waals surface area contributed by atoms with Crippen molar-refractivity contribution in [2.45, 2.75) is 19.0 Å². The van der Waals surface area contributed by atoms with E-state index in [1.54, 1.807) is 0 Å². The van der Waals surface area contributed by atoms with Gasteiger partial charge in [-0.05, 0) is 17.5 Å². The first kappa shape index (κ1) is 11.1. The zero-order valence-electron chi connectivity index (χ0n) is 9.98. The van der Waals surface area contributed by atoms with E-state index in [-0.39, 0.29) is 11.9 Å². The Balaban J connectivity index is 1.72. The average molecular weight is 245 g/mol. The third-order valence-electron chi connectivity index (χ3n) is 3.51. The Morgan fingerprint density at radius 1 is 1.28 bits per heavy atom. The van der Waals surface area contributed by atoms with E-state index in [0.29, 0.717) is 13.1 Å². The predicted molar refractivity (Wildman–Crippen MR) is 65.9 cm³/mol. The Morgan fingerprint density at radius 2 is 2.06 bits per heavy atom. The van der Waals surface area contributed by atoms with E-state index < -0.39 is 6.04 Å². The predicted octanol–water partition coefficient (Wildman–Crippen LogP) is 0.253. The van der Waals surface area contributed by atoms with Gasteiger partial charge >= 0.3 is 6.03 Å². The van der Waals surface area contributed by atoms with Crippen LogP contribution in [-0.2, 0) is 17.8 Å². The second kappa shape index (κ2) is 4.33. The number of benzene rings is 1. The van der Waals surface area contributed by atoms with Gasteiger partial charge in [-0.2, -0.15) is 0 Å². The molecule has 0 bridgehead atoms. The van der Waals surface area contributed by atoms with Crippen molar-refractivity contribution in [3.8, 4) is 0 Å². The van der Waals surface area contributed by atoms with Crippen molar-refractivity contribution in [3.63, 3.8) is 0 Å². The van der Waals surface area contributed by atoms with Crippen molar-refractivity contribution in [2.24, 2.45) is 0 Å². The molecule has 3 rings (SSSR count). The van der Waals surface area contributed by atoms with Crippen LogP contribution < -0.4 is 10.6 Å². The molecule has 0 saturated carbocycles. The van der Waals surface area contributed by atoms with Gasteiger partial charge < -0.3 is 15.5 Å². The first-order chi connectivity index (χ1) is 8.74. The van der Waals surface area contributed by atoms with Gasteiger partial charge in [0.1, 0.15) is 6.04 Å². The summed E-state index contributed by atoms with van der Waals surface area (Å²) in [5, 5.41) is 5.24. The summed E-state index contributed by atoms with van der Waals surface area (Å²) in [6, 6.07) is 7.51. The Labute approximate surface area is 105 Å². The third-order valence-corrected chi connectivity index (χ3v) is 3.51. The van der Waals surface area contributed by atoms with Crippen LogP contribution in [-0.4, -0.2) is 36.0 Å². The number of nitrogens with zero attached hydrogens (tertiary/aromatic N) is 1. The number of urea groups is 1. The van der Waals surface area contributed by atoms with Crippen molar-refractivity contribution in [2.75, 3.05) is 13.1 Å². The summed E-state index contributed by atoms with van der Waals surface area (Å²) in [5.74, 6) is 0.00264. The fourth-order valence-corrected chi connectivity index (χ4v) is 2.51. The molecule has 3 amide bonds. The number of rotatable bonds is 1. The molecule has 1 saturated heterocycles. The standard InChI is InChI=1S/C13H15N3O2/c17-12(11-7-14-13(18)15-11)16-6-5-9-3-1-2-4-10(9)8-16/h1-4,11H,5-8H2,(H2,14,15,18)/t11-/m1/s1. The lowest BCUT2D eigenvalue weighted by Crippen LogP contribution is -2.47. The molecule has 2 heterocycles. The molecule has 1 aromatic carbocycles. The second-order valence-electron chi connectivity index (χ2n) is 4.69. The minimum atomic E-state index is -0.414. The molecule has 0 unspecified atom stereocenters. The van der Waals surface area contributed by atoms with E-state index in [2.05, 4.69) is 22.8 Å². The van der Waals surface area contributed by atoms with Crippen LogP contribution in [0.1, 0.15) is 11.1 Å². The number of hydrogen-bond donors (Lipinski definition) is 2. The Bertz CT molecular complexity index is 501. The number of hydrogen-bond acceptors (Lipinski definition) is 2. The summed E-state index contributed by atoms with van der Waals surface area (Å²) in [5.41, 5.74) is 2.52. The van der Waals surface area contributed by atoms with Crippen LogP contribution in [0.5, 0.6) is 0 Å². The maximum absolute atomic E-state index is 12.2. The number of fused-ring (bicyclic) bond motifs is 1. The lowest BCUT2D eigenvalue weighted by molar-refractivity contribution is -0.133. The maximum Gasteiger partial charge on any atom is 0.315 e. The third kappa shape index (κ3) is 1.92. The van der Waals surface area contributed by atoms with Crippen LogP contribution >= 0.6 is 0 Å². The minimum Gasteiger partial charge on any atom is -0.336 e. The molecule has 2 aliphatic heterocycles. The van der Waals surface area contributed by atoms with Crippen LogP contribution in [0, 0.1) is 0 Å². The van der Waals surface area contributed by atoms with Gasteiger partial charge in [-0.15, -0.1) is 0 Å². The van der Waals surface area contributed by atoms with Crippen LogP contribution in [0.25, 0.3) is 0 Å². The smallest absolute Gasteiger partial charge is 0.315 e. The van der Waals surface area contributed by atoms with E-state index in [1.165, 1.54) is 11.1 Å². The van der Waals surface area contributed by atoms with Gasteiger partial charge in [0.25, 0.3) is 0 Å². The van der Waals surface area contributed by atoms with E-state index in [0.717, 1.165) is 13.0 Å². The highest BCUT2D eigenvalue weighted by Crippen LogP contribution is 2.19. The molecule has 94 valence electrons. The van der Waals surface area contributed by atoms with Crippen molar-refractivity contribution in [1.29, 1.82) is 0 Å². The van der Waals surface area contributed by atoms with Crippen molar-refractivity contribution < 1.29 is 9.59 Å².